The lowest BCUT2D eigenvalue weighted by Crippen LogP contribution is -2.28. The number of aryl methyl sites for hydroxylation is 1. The van der Waals surface area contributed by atoms with Gasteiger partial charge in [-0.15, -0.1) is 0 Å². The highest BCUT2D eigenvalue weighted by atomic mass is 16.4. The summed E-state index contributed by atoms with van der Waals surface area (Å²) >= 11 is 0. The Balaban J connectivity index is 1.76. The number of anilines is 1. The van der Waals surface area contributed by atoms with Crippen LogP contribution in [0.5, 0.6) is 0 Å². The summed E-state index contributed by atoms with van der Waals surface area (Å²) < 4.78 is 1.54. The molecule has 1 aromatic carbocycles. The molecule has 1 amide bonds. The Hall–Kier alpha value is -3.22. The van der Waals surface area contributed by atoms with Gasteiger partial charge in [0.15, 0.2) is 5.65 Å². The molecule has 2 aromatic heterocycles. The molecule has 1 saturated carbocycles. The van der Waals surface area contributed by atoms with Crippen LogP contribution in [0.25, 0.3) is 16.9 Å². The molecule has 7 nitrogen and oxygen atoms in total. The van der Waals surface area contributed by atoms with Crippen molar-refractivity contribution in [1.29, 1.82) is 0 Å². The monoisotopic (exact) mass is 364 g/mol. The average Bonchev–Trinajstić information content (AvgIpc) is 3.03. The molecular weight excluding hydrogens is 344 g/mol. The fourth-order valence-corrected chi connectivity index (χ4v) is 3.22. The van der Waals surface area contributed by atoms with Gasteiger partial charge in [-0.05, 0) is 37.5 Å². The molecule has 0 aliphatic heterocycles. The molecule has 27 heavy (non-hydrogen) atoms. The number of rotatable bonds is 5. The van der Waals surface area contributed by atoms with Crippen LogP contribution < -0.4 is 5.32 Å². The highest BCUT2D eigenvalue weighted by molar-refractivity contribution is 5.95. The molecule has 3 aromatic rings. The number of aromatic carboxylic acids is 1. The molecule has 2 N–H and O–H groups in total. The van der Waals surface area contributed by atoms with Gasteiger partial charge >= 0.3 is 5.97 Å². The minimum absolute atomic E-state index is 0.0553. The first-order valence-corrected chi connectivity index (χ1v) is 9.09. The van der Waals surface area contributed by atoms with Gasteiger partial charge in [0, 0.05) is 22.9 Å². The van der Waals surface area contributed by atoms with Crippen LogP contribution in [0.15, 0.2) is 36.5 Å². The Morgan fingerprint density at radius 1 is 1.30 bits per heavy atom. The van der Waals surface area contributed by atoms with Crippen LogP contribution in [0.3, 0.4) is 0 Å². The van der Waals surface area contributed by atoms with E-state index in [0.29, 0.717) is 12.1 Å². The van der Waals surface area contributed by atoms with Crippen molar-refractivity contribution >= 4 is 23.2 Å². The Kier molecular flexibility index (Phi) is 4.35. The summed E-state index contributed by atoms with van der Waals surface area (Å²) in [6.07, 6.45) is 4.99. The normalized spacial score (nSPS) is 14.1. The van der Waals surface area contributed by atoms with Crippen molar-refractivity contribution in [2.24, 2.45) is 5.92 Å². The lowest BCUT2D eigenvalue weighted by Gasteiger charge is -2.24. The van der Waals surface area contributed by atoms with Crippen molar-refractivity contribution in [3.8, 4) is 11.3 Å². The number of hydrogen-bond acceptors (Lipinski definition) is 4. The van der Waals surface area contributed by atoms with Crippen LogP contribution in [-0.2, 0) is 11.2 Å². The molecule has 1 aliphatic carbocycles. The van der Waals surface area contributed by atoms with Gasteiger partial charge < -0.3 is 10.4 Å². The second-order valence-electron chi connectivity index (χ2n) is 6.78. The molecule has 0 saturated heterocycles. The average molecular weight is 364 g/mol. The number of carbonyl (C=O) groups is 2. The van der Waals surface area contributed by atoms with E-state index >= 15 is 0 Å². The zero-order valence-corrected chi connectivity index (χ0v) is 15.0. The Labute approximate surface area is 156 Å². The molecule has 0 unspecified atom stereocenters. The second kappa shape index (κ2) is 6.83. The highest BCUT2D eigenvalue weighted by Crippen LogP contribution is 2.29. The molecule has 4 rings (SSSR count). The van der Waals surface area contributed by atoms with Crippen molar-refractivity contribution < 1.29 is 14.7 Å². The van der Waals surface area contributed by atoms with Gasteiger partial charge in [0.25, 0.3) is 0 Å². The molecule has 1 aliphatic rings. The van der Waals surface area contributed by atoms with Gasteiger partial charge in [-0.1, -0.05) is 25.5 Å². The number of carboxylic acid groups (broad SMARTS) is 1. The van der Waals surface area contributed by atoms with Gasteiger partial charge in [0.2, 0.25) is 5.91 Å². The number of nitrogens with zero attached hydrogens (tertiary/aromatic N) is 3. The summed E-state index contributed by atoms with van der Waals surface area (Å²) in [4.78, 5) is 28.1. The fraction of sp³-hybridized carbons (Fsp3) is 0.300. The van der Waals surface area contributed by atoms with Crippen LogP contribution in [0, 0.1) is 5.92 Å². The Morgan fingerprint density at radius 3 is 2.78 bits per heavy atom. The number of amides is 1. The predicted molar refractivity (Wildman–Crippen MR) is 101 cm³/mol. The van der Waals surface area contributed by atoms with Crippen molar-refractivity contribution in [3.63, 3.8) is 0 Å². The predicted octanol–water partition coefficient (Wildman–Crippen LogP) is 3.40. The van der Waals surface area contributed by atoms with E-state index in [2.05, 4.69) is 15.4 Å². The number of benzene rings is 1. The van der Waals surface area contributed by atoms with Crippen LogP contribution in [0.2, 0.25) is 0 Å². The van der Waals surface area contributed by atoms with E-state index in [1.165, 1.54) is 10.7 Å². The van der Waals surface area contributed by atoms with Gasteiger partial charge in [-0.25, -0.2) is 14.3 Å². The maximum absolute atomic E-state index is 12.2. The summed E-state index contributed by atoms with van der Waals surface area (Å²) in [5.74, 6) is -0.893. The quantitative estimate of drug-likeness (QED) is 0.723. The third kappa shape index (κ3) is 3.16. The third-order valence-electron chi connectivity index (χ3n) is 5.02. The minimum atomic E-state index is -1.06. The van der Waals surface area contributed by atoms with Crippen LogP contribution in [0.1, 0.15) is 42.2 Å². The van der Waals surface area contributed by atoms with Gasteiger partial charge in [0.1, 0.15) is 5.56 Å². The molecule has 0 spiro atoms. The maximum Gasteiger partial charge on any atom is 0.341 e. The van der Waals surface area contributed by atoms with E-state index in [4.69, 9.17) is 0 Å². The van der Waals surface area contributed by atoms with Crippen LogP contribution in [-0.4, -0.2) is 31.6 Å². The van der Waals surface area contributed by atoms with Crippen molar-refractivity contribution in [3.05, 3.63) is 47.8 Å². The van der Waals surface area contributed by atoms with Crippen molar-refractivity contribution in [1.82, 2.24) is 14.6 Å². The number of carbonyl (C=O) groups excluding carboxylic acids is 1. The zero-order valence-electron chi connectivity index (χ0n) is 15.0. The zero-order chi connectivity index (χ0) is 19.0. The van der Waals surface area contributed by atoms with E-state index < -0.39 is 5.97 Å². The lowest BCUT2D eigenvalue weighted by atomic mass is 9.85. The van der Waals surface area contributed by atoms with E-state index in [0.717, 1.165) is 41.9 Å². The number of carboxylic acids is 1. The van der Waals surface area contributed by atoms with E-state index in [1.54, 1.807) is 0 Å². The van der Waals surface area contributed by atoms with Crippen molar-refractivity contribution in [2.45, 2.75) is 32.6 Å². The number of hydrogen-bond donors (Lipinski definition) is 2. The minimum Gasteiger partial charge on any atom is -0.477 e. The van der Waals surface area contributed by atoms with Crippen LogP contribution >= 0.6 is 0 Å². The topological polar surface area (TPSA) is 96.6 Å². The van der Waals surface area contributed by atoms with E-state index in [9.17, 15) is 14.7 Å². The Bertz CT molecular complexity index is 1040. The molecule has 0 radical (unpaired) electrons. The van der Waals surface area contributed by atoms with Gasteiger partial charge in [-0.3, -0.25) is 4.79 Å². The van der Waals surface area contributed by atoms with Crippen molar-refractivity contribution in [2.75, 3.05) is 5.32 Å². The first kappa shape index (κ1) is 17.2. The van der Waals surface area contributed by atoms with Crippen LogP contribution in [0.4, 0.5) is 5.69 Å². The molecule has 2 heterocycles. The lowest BCUT2D eigenvalue weighted by molar-refractivity contribution is -0.122. The molecular formula is C20H20N4O3. The number of aromatic nitrogens is 3. The summed E-state index contributed by atoms with van der Waals surface area (Å²) in [7, 11) is 0. The van der Waals surface area contributed by atoms with E-state index in [1.807, 2.05) is 37.3 Å². The highest BCUT2D eigenvalue weighted by Gasteiger charge is 2.25. The summed E-state index contributed by atoms with van der Waals surface area (Å²) in [5.41, 5.74) is 3.47. The third-order valence-corrected chi connectivity index (χ3v) is 5.02. The smallest absolute Gasteiger partial charge is 0.341 e. The summed E-state index contributed by atoms with van der Waals surface area (Å²) in [6, 6.07) is 9.41. The van der Waals surface area contributed by atoms with Gasteiger partial charge in [0.05, 0.1) is 11.9 Å². The molecule has 7 heteroatoms. The molecule has 138 valence electrons. The molecule has 1 fully saturated rings. The SMILES string of the molecule is CCc1cc(-c2cccc(NC(=O)C3CCC3)c2)n2ncc(C(=O)O)c2n1. The largest absolute Gasteiger partial charge is 0.477 e. The Morgan fingerprint density at radius 2 is 2.11 bits per heavy atom. The first-order chi connectivity index (χ1) is 13.1. The van der Waals surface area contributed by atoms with Gasteiger partial charge in [-0.2, -0.15) is 5.10 Å². The standard InChI is InChI=1S/C20H20N4O3/c1-2-14-10-17(24-18(22-14)16(11-21-24)20(26)27)13-7-4-8-15(9-13)23-19(25)12-5-3-6-12/h4,7-12H,2-3,5-6H2,1H3,(H,23,25)(H,26,27). The molecule has 0 bridgehead atoms. The number of nitrogens with one attached hydrogen (secondary N) is 1. The first-order valence-electron chi connectivity index (χ1n) is 9.09. The summed E-state index contributed by atoms with van der Waals surface area (Å²) in [5, 5.41) is 16.6. The number of fused-ring (bicyclic) bond motifs is 1. The summed E-state index contributed by atoms with van der Waals surface area (Å²) in [6.45, 7) is 1.97. The second-order valence-corrected chi connectivity index (χ2v) is 6.78. The molecule has 0 atom stereocenters. The van der Waals surface area contributed by atoms with E-state index in [-0.39, 0.29) is 17.4 Å². The fourth-order valence-electron chi connectivity index (χ4n) is 3.22. The maximum atomic E-state index is 12.2.